The number of alkyl halides is 3. The van der Waals surface area contributed by atoms with Crippen LogP contribution in [0.15, 0.2) is 24.3 Å². The molecule has 1 unspecified atom stereocenters. The molecule has 0 aliphatic heterocycles. The molecule has 0 aliphatic rings. The third-order valence-electron chi connectivity index (χ3n) is 2.99. The van der Waals surface area contributed by atoms with E-state index in [4.69, 9.17) is 16.7 Å². The summed E-state index contributed by atoms with van der Waals surface area (Å²) < 4.78 is 38.2. The number of carbonyl (C=O) groups excluding carboxylic acids is 1. The van der Waals surface area contributed by atoms with Crippen molar-refractivity contribution in [2.75, 3.05) is 0 Å². The van der Waals surface area contributed by atoms with Crippen molar-refractivity contribution in [2.45, 2.75) is 32.6 Å². The van der Waals surface area contributed by atoms with E-state index in [1.807, 2.05) is 0 Å². The van der Waals surface area contributed by atoms with E-state index in [0.717, 1.165) is 0 Å². The minimum atomic E-state index is -5.14. The van der Waals surface area contributed by atoms with Crippen LogP contribution in [0.4, 0.5) is 13.2 Å². The smallest absolute Gasteiger partial charge is 0.471 e. The van der Waals surface area contributed by atoms with Crippen LogP contribution in [0.3, 0.4) is 0 Å². The fourth-order valence-electron chi connectivity index (χ4n) is 2.02. The molecule has 0 bridgehead atoms. The van der Waals surface area contributed by atoms with E-state index >= 15 is 0 Å². The molecule has 8 heteroatoms. The molecule has 0 saturated carbocycles. The zero-order chi connectivity index (χ0) is 17.1. The van der Waals surface area contributed by atoms with Crippen LogP contribution in [0.5, 0.6) is 0 Å². The third-order valence-corrected chi connectivity index (χ3v) is 3.24. The van der Waals surface area contributed by atoms with Gasteiger partial charge in [-0.3, -0.25) is 4.79 Å². The van der Waals surface area contributed by atoms with E-state index in [9.17, 15) is 22.8 Å². The fraction of sp³-hybridized carbons (Fsp3) is 0.429. The fourth-order valence-corrected chi connectivity index (χ4v) is 2.15. The molecule has 122 valence electrons. The molecule has 1 amide bonds. The lowest BCUT2D eigenvalue weighted by Crippen LogP contribution is -2.52. The van der Waals surface area contributed by atoms with Gasteiger partial charge in [0.05, 0.1) is 0 Å². The van der Waals surface area contributed by atoms with Crippen LogP contribution in [0.2, 0.25) is 5.02 Å². The molecular formula is C14H15ClF3NO3. The summed E-state index contributed by atoms with van der Waals surface area (Å²) in [6.45, 7) is 2.42. The van der Waals surface area contributed by atoms with Gasteiger partial charge in [0, 0.05) is 11.6 Å². The molecular weight excluding hydrogens is 323 g/mol. The van der Waals surface area contributed by atoms with Crippen LogP contribution >= 0.6 is 11.6 Å². The van der Waals surface area contributed by atoms with Crippen molar-refractivity contribution in [1.82, 2.24) is 4.90 Å². The number of benzene rings is 1. The van der Waals surface area contributed by atoms with Crippen molar-refractivity contribution >= 4 is 23.5 Å². The molecule has 0 fully saturated rings. The number of aliphatic carboxylic acids is 1. The molecule has 0 aromatic heterocycles. The lowest BCUT2D eigenvalue weighted by atomic mass is 10.0. The van der Waals surface area contributed by atoms with E-state index < -0.39 is 36.6 Å². The van der Waals surface area contributed by atoms with Crippen molar-refractivity contribution in [3.05, 3.63) is 34.9 Å². The van der Waals surface area contributed by atoms with Gasteiger partial charge in [-0.2, -0.15) is 13.2 Å². The maximum atomic E-state index is 12.7. The number of nitrogens with zero attached hydrogens (tertiary/aromatic N) is 1. The number of amides is 1. The first kappa shape index (κ1) is 18.3. The summed E-state index contributed by atoms with van der Waals surface area (Å²) in [5.74, 6) is -4.35. The highest BCUT2D eigenvalue weighted by atomic mass is 35.5. The molecule has 0 heterocycles. The molecule has 1 aromatic rings. The number of carbonyl (C=O) groups is 2. The predicted molar refractivity (Wildman–Crippen MR) is 74.3 cm³/mol. The molecule has 22 heavy (non-hydrogen) atoms. The van der Waals surface area contributed by atoms with Gasteiger partial charge < -0.3 is 10.0 Å². The third kappa shape index (κ3) is 4.62. The summed E-state index contributed by atoms with van der Waals surface area (Å²) in [6.07, 6.45) is -5.14. The highest BCUT2D eigenvalue weighted by Crippen LogP contribution is 2.25. The Morgan fingerprint density at radius 2 is 1.73 bits per heavy atom. The van der Waals surface area contributed by atoms with Gasteiger partial charge in [-0.1, -0.05) is 37.6 Å². The Balaban J connectivity index is 3.18. The topological polar surface area (TPSA) is 57.6 Å². The second-order valence-electron chi connectivity index (χ2n) is 5.08. The Labute approximate surface area is 130 Å². The van der Waals surface area contributed by atoms with Crippen molar-refractivity contribution in [3.8, 4) is 0 Å². The second kappa shape index (κ2) is 7.00. The largest absolute Gasteiger partial charge is 0.480 e. The molecule has 1 rings (SSSR count). The average molecular weight is 338 g/mol. The molecule has 1 N–H and O–H groups in total. The molecule has 1 atom stereocenters. The predicted octanol–water partition coefficient (Wildman–Crippen LogP) is 3.34. The van der Waals surface area contributed by atoms with Crippen LogP contribution in [-0.4, -0.2) is 34.1 Å². The quantitative estimate of drug-likeness (QED) is 0.896. The first-order chi connectivity index (χ1) is 10.0. The zero-order valence-corrected chi connectivity index (χ0v) is 12.6. The summed E-state index contributed by atoms with van der Waals surface area (Å²) in [4.78, 5) is 23.2. The van der Waals surface area contributed by atoms with Crippen LogP contribution in [0.25, 0.3) is 0 Å². The Morgan fingerprint density at radius 3 is 2.09 bits per heavy atom. The highest BCUT2D eigenvalue weighted by molar-refractivity contribution is 6.30. The van der Waals surface area contributed by atoms with E-state index in [1.54, 1.807) is 0 Å². The van der Waals surface area contributed by atoms with Crippen LogP contribution in [0, 0.1) is 5.92 Å². The maximum Gasteiger partial charge on any atom is 0.471 e. The normalized spacial score (nSPS) is 13.0. The van der Waals surface area contributed by atoms with Gasteiger partial charge in [-0.15, -0.1) is 0 Å². The molecule has 0 radical (unpaired) electrons. The molecule has 0 aliphatic carbocycles. The number of carboxylic acid groups (broad SMARTS) is 1. The second-order valence-corrected chi connectivity index (χ2v) is 5.52. The Hall–Kier alpha value is -1.76. The van der Waals surface area contributed by atoms with Gasteiger partial charge in [0.25, 0.3) is 0 Å². The standard InChI is InChI=1S/C14H15ClF3NO3/c1-8(2)11(12(20)21)19(13(22)14(16,17)18)7-9-3-5-10(15)6-4-9/h3-6,8,11H,7H2,1-2H3,(H,20,21). The van der Waals surface area contributed by atoms with Gasteiger partial charge in [-0.05, 0) is 23.6 Å². The van der Waals surface area contributed by atoms with Gasteiger partial charge in [0.15, 0.2) is 0 Å². The van der Waals surface area contributed by atoms with Crippen molar-refractivity contribution < 1.29 is 27.9 Å². The summed E-state index contributed by atoms with van der Waals surface area (Å²) >= 11 is 5.69. The number of carboxylic acids is 1. The van der Waals surface area contributed by atoms with Crippen LogP contribution < -0.4 is 0 Å². The first-order valence-corrected chi connectivity index (χ1v) is 6.77. The monoisotopic (exact) mass is 337 g/mol. The SMILES string of the molecule is CC(C)C(C(=O)O)N(Cc1ccc(Cl)cc1)C(=O)C(F)(F)F. The molecule has 0 spiro atoms. The van der Waals surface area contributed by atoms with Gasteiger partial charge in [0.2, 0.25) is 0 Å². The highest BCUT2D eigenvalue weighted by Gasteiger charge is 2.46. The van der Waals surface area contributed by atoms with Crippen molar-refractivity contribution in [3.63, 3.8) is 0 Å². The molecule has 4 nitrogen and oxygen atoms in total. The Bertz CT molecular complexity index is 543. The minimum absolute atomic E-state index is 0.330. The zero-order valence-electron chi connectivity index (χ0n) is 11.9. The first-order valence-electron chi connectivity index (χ1n) is 6.39. The number of rotatable bonds is 5. The number of hydrogen-bond donors (Lipinski definition) is 1. The molecule has 1 aromatic carbocycles. The van der Waals surface area contributed by atoms with E-state index in [1.165, 1.54) is 38.1 Å². The lowest BCUT2D eigenvalue weighted by Gasteiger charge is -2.32. The van der Waals surface area contributed by atoms with Crippen molar-refractivity contribution in [2.24, 2.45) is 5.92 Å². The summed E-state index contributed by atoms with van der Waals surface area (Å²) in [5.41, 5.74) is 0.355. The van der Waals surface area contributed by atoms with Crippen LogP contribution in [-0.2, 0) is 16.1 Å². The van der Waals surface area contributed by atoms with Gasteiger partial charge in [-0.25, -0.2) is 4.79 Å². The van der Waals surface area contributed by atoms with E-state index in [0.29, 0.717) is 15.5 Å². The summed E-state index contributed by atoms with van der Waals surface area (Å²) in [7, 11) is 0. The number of hydrogen-bond acceptors (Lipinski definition) is 2. The summed E-state index contributed by atoms with van der Waals surface area (Å²) in [6, 6.07) is 4.22. The van der Waals surface area contributed by atoms with Crippen LogP contribution in [0.1, 0.15) is 19.4 Å². The maximum absolute atomic E-state index is 12.7. The van der Waals surface area contributed by atoms with E-state index in [2.05, 4.69) is 0 Å². The van der Waals surface area contributed by atoms with Crippen molar-refractivity contribution in [1.29, 1.82) is 0 Å². The van der Waals surface area contributed by atoms with Gasteiger partial charge >= 0.3 is 18.1 Å². The average Bonchev–Trinajstić information content (AvgIpc) is 2.37. The Kier molecular flexibility index (Phi) is 5.82. The Morgan fingerprint density at radius 1 is 1.23 bits per heavy atom. The van der Waals surface area contributed by atoms with Gasteiger partial charge in [0.1, 0.15) is 6.04 Å². The summed E-state index contributed by atoms with van der Waals surface area (Å²) in [5, 5.41) is 9.55. The van der Waals surface area contributed by atoms with E-state index in [-0.39, 0.29) is 0 Å². The lowest BCUT2D eigenvalue weighted by molar-refractivity contribution is -0.191. The molecule has 0 saturated heterocycles. The number of halogens is 4. The minimum Gasteiger partial charge on any atom is -0.480 e.